The predicted octanol–water partition coefficient (Wildman–Crippen LogP) is 4.34. The Morgan fingerprint density at radius 3 is 1.76 bits per heavy atom. The Labute approximate surface area is 111 Å². The van der Waals surface area contributed by atoms with Gasteiger partial charge in [-0.2, -0.15) is 12.6 Å². The van der Waals surface area contributed by atoms with E-state index in [-0.39, 0.29) is 0 Å². The van der Waals surface area contributed by atoms with Crippen LogP contribution in [0.5, 0.6) is 0 Å². The van der Waals surface area contributed by atoms with Crippen LogP contribution in [0.3, 0.4) is 0 Å². The van der Waals surface area contributed by atoms with Crippen LogP contribution in [0.2, 0.25) is 0 Å². The SMILES string of the molecule is CCCCCCCCCCCC(S)P(=O)(O)O. The van der Waals surface area contributed by atoms with E-state index < -0.39 is 12.6 Å². The average molecular weight is 282 g/mol. The van der Waals surface area contributed by atoms with Gasteiger partial charge in [-0.1, -0.05) is 64.7 Å². The second-order valence-electron chi connectivity index (χ2n) is 4.69. The lowest BCUT2D eigenvalue weighted by atomic mass is 10.1. The van der Waals surface area contributed by atoms with Gasteiger partial charge in [0.2, 0.25) is 0 Å². The van der Waals surface area contributed by atoms with Crippen molar-refractivity contribution in [3.63, 3.8) is 0 Å². The normalized spacial score (nSPS) is 13.9. The molecule has 0 saturated carbocycles. The zero-order chi connectivity index (χ0) is 13.1. The number of unbranched alkanes of at least 4 members (excludes halogenated alkanes) is 8. The molecule has 17 heavy (non-hydrogen) atoms. The number of hydrogen-bond acceptors (Lipinski definition) is 2. The van der Waals surface area contributed by atoms with Gasteiger partial charge in [0, 0.05) is 0 Å². The van der Waals surface area contributed by atoms with Crippen molar-refractivity contribution in [3.05, 3.63) is 0 Å². The van der Waals surface area contributed by atoms with Gasteiger partial charge in [0.25, 0.3) is 0 Å². The smallest absolute Gasteiger partial charge is 0.324 e. The fraction of sp³-hybridized carbons (Fsp3) is 1.00. The molecule has 0 aliphatic carbocycles. The second kappa shape index (κ2) is 10.4. The minimum absolute atomic E-state index is 0.517. The van der Waals surface area contributed by atoms with E-state index in [0.29, 0.717) is 6.42 Å². The first-order valence-electron chi connectivity index (χ1n) is 6.71. The summed E-state index contributed by atoms with van der Waals surface area (Å²) in [4.78, 5) is 16.9. The van der Waals surface area contributed by atoms with E-state index in [0.717, 1.165) is 12.8 Å². The van der Waals surface area contributed by atoms with Gasteiger partial charge in [-0.05, 0) is 6.42 Å². The van der Waals surface area contributed by atoms with Gasteiger partial charge in [0.15, 0.2) is 0 Å². The molecule has 0 aromatic carbocycles. The van der Waals surface area contributed by atoms with E-state index in [1.807, 2.05) is 0 Å². The molecule has 3 nitrogen and oxygen atoms in total. The zero-order valence-electron chi connectivity index (χ0n) is 10.8. The van der Waals surface area contributed by atoms with E-state index in [9.17, 15) is 4.57 Å². The summed E-state index contributed by atoms with van der Waals surface area (Å²) in [6.07, 6.45) is 11.4. The maximum Gasteiger partial charge on any atom is 0.338 e. The number of thiol groups is 1. The van der Waals surface area contributed by atoms with Crippen molar-refractivity contribution in [2.75, 3.05) is 0 Å². The van der Waals surface area contributed by atoms with Gasteiger partial charge in [0.05, 0.1) is 0 Å². The largest absolute Gasteiger partial charge is 0.338 e. The minimum atomic E-state index is -3.97. The summed E-state index contributed by atoms with van der Waals surface area (Å²) in [6, 6.07) is 0. The van der Waals surface area contributed by atoms with Gasteiger partial charge >= 0.3 is 7.60 Å². The summed E-state index contributed by atoms with van der Waals surface area (Å²) in [7, 11) is -3.97. The molecular weight excluding hydrogens is 255 g/mol. The summed E-state index contributed by atoms with van der Waals surface area (Å²) in [5.74, 6) is 0. The molecule has 104 valence electrons. The Balaban J connectivity index is 3.21. The highest BCUT2D eigenvalue weighted by Gasteiger charge is 2.23. The van der Waals surface area contributed by atoms with Crippen molar-refractivity contribution in [1.82, 2.24) is 0 Å². The van der Waals surface area contributed by atoms with Crippen LogP contribution in [0, 0.1) is 0 Å². The van der Waals surface area contributed by atoms with Gasteiger partial charge in [-0.3, -0.25) is 4.57 Å². The van der Waals surface area contributed by atoms with Gasteiger partial charge in [-0.15, -0.1) is 0 Å². The molecule has 5 heteroatoms. The lowest BCUT2D eigenvalue weighted by molar-refractivity contribution is 0.366. The predicted molar refractivity (Wildman–Crippen MR) is 76.7 cm³/mol. The summed E-state index contributed by atoms with van der Waals surface area (Å²) in [6.45, 7) is 2.22. The highest BCUT2D eigenvalue weighted by atomic mass is 32.1. The number of hydrogen-bond donors (Lipinski definition) is 3. The molecule has 0 spiro atoms. The van der Waals surface area contributed by atoms with Crippen molar-refractivity contribution in [1.29, 1.82) is 0 Å². The van der Waals surface area contributed by atoms with Crippen LogP contribution in [-0.4, -0.2) is 14.8 Å². The fourth-order valence-corrected chi connectivity index (χ4v) is 2.51. The quantitative estimate of drug-likeness (QED) is 0.300. The van der Waals surface area contributed by atoms with Gasteiger partial charge in [0.1, 0.15) is 4.99 Å². The molecule has 0 aliphatic heterocycles. The maximum absolute atomic E-state index is 10.8. The first-order chi connectivity index (χ1) is 7.98. The molecule has 0 radical (unpaired) electrons. The zero-order valence-corrected chi connectivity index (χ0v) is 12.6. The molecule has 0 aliphatic rings. The topological polar surface area (TPSA) is 57.5 Å². The summed E-state index contributed by atoms with van der Waals surface area (Å²) >= 11 is 3.93. The third-order valence-electron chi connectivity index (χ3n) is 2.95. The maximum atomic E-state index is 10.8. The van der Waals surface area contributed by atoms with Crippen LogP contribution in [0.4, 0.5) is 0 Å². The first-order valence-corrected chi connectivity index (χ1v) is 8.91. The highest BCUT2D eigenvalue weighted by Crippen LogP contribution is 2.45. The molecule has 1 unspecified atom stereocenters. The van der Waals surface area contributed by atoms with E-state index in [1.165, 1.54) is 44.9 Å². The van der Waals surface area contributed by atoms with Crippen LogP contribution in [0.25, 0.3) is 0 Å². The highest BCUT2D eigenvalue weighted by molar-refractivity contribution is 7.89. The molecule has 2 N–H and O–H groups in total. The molecule has 0 bridgehead atoms. The molecule has 0 aromatic rings. The monoisotopic (exact) mass is 282 g/mol. The minimum Gasteiger partial charge on any atom is -0.324 e. The fourth-order valence-electron chi connectivity index (χ4n) is 1.81. The van der Waals surface area contributed by atoms with Crippen LogP contribution >= 0.6 is 20.2 Å². The Bertz CT molecular complexity index is 218. The first kappa shape index (κ1) is 17.5. The molecule has 0 aromatic heterocycles. The van der Waals surface area contributed by atoms with Crippen LogP contribution in [0.15, 0.2) is 0 Å². The van der Waals surface area contributed by atoms with Gasteiger partial charge < -0.3 is 9.79 Å². The molecular formula is C12H27O3PS. The molecule has 0 rings (SSSR count). The molecule has 0 saturated heterocycles. The standard InChI is InChI=1S/C12H27O3PS/c1-2-3-4-5-6-7-8-9-10-11-12(17)16(13,14)15/h12,17H,2-11H2,1H3,(H2,13,14,15). The van der Waals surface area contributed by atoms with Crippen molar-refractivity contribution < 1.29 is 14.4 Å². The van der Waals surface area contributed by atoms with E-state index in [1.54, 1.807) is 0 Å². The van der Waals surface area contributed by atoms with Crippen LogP contribution in [0.1, 0.15) is 71.1 Å². The van der Waals surface area contributed by atoms with Crippen LogP contribution < -0.4 is 0 Å². The second-order valence-corrected chi connectivity index (χ2v) is 7.52. The molecule has 0 fully saturated rings. The Morgan fingerprint density at radius 1 is 0.941 bits per heavy atom. The molecule has 1 atom stereocenters. The lowest BCUT2D eigenvalue weighted by Gasteiger charge is -2.11. The van der Waals surface area contributed by atoms with Crippen LogP contribution in [-0.2, 0) is 4.57 Å². The third-order valence-corrected chi connectivity index (χ3v) is 5.15. The molecule has 0 amide bonds. The molecule has 0 heterocycles. The van der Waals surface area contributed by atoms with Crippen molar-refractivity contribution >= 4 is 20.2 Å². The Kier molecular flexibility index (Phi) is 10.7. The average Bonchev–Trinajstić information content (AvgIpc) is 2.25. The number of rotatable bonds is 11. The van der Waals surface area contributed by atoms with Crippen molar-refractivity contribution in [2.24, 2.45) is 0 Å². The lowest BCUT2D eigenvalue weighted by Crippen LogP contribution is -1.99. The van der Waals surface area contributed by atoms with Crippen molar-refractivity contribution in [2.45, 2.75) is 76.1 Å². The van der Waals surface area contributed by atoms with E-state index in [4.69, 9.17) is 9.79 Å². The Morgan fingerprint density at radius 2 is 1.35 bits per heavy atom. The van der Waals surface area contributed by atoms with Crippen molar-refractivity contribution in [3.8, 4) is 0 Å². The summed E-state index contributed by atoms with van der Waals surface area (Å²) < 4.78 is 10.8. The third kappa shape index (κ3) is 11.3. The van der Waals surface area contributed by atoms with E-state index >= 15 is 0 Å². The van der Waals surface area contributed by atoms with E-state index in [2.05, 4.69) is 19.6 Å². The Hall–Kier alpha value is 0.500. The summed E-state index contributed by atoms with van der Waals surface area (Å²) in [5, 5.41) is 0. The van der Waals surface area contributed by atoms with Gasteiger partial charge in [-0.25, -0.2) is 0 Å². The summed E-state index contributed by atoms with van der Waals surface area (Å²) in [5.41, 5.74) is 0.